The molecule has 7 heteroatoms. The molecule has 0 bridgehead atoms. The number of ether oxygens (including phenoxy) is 1. The zero-order valence-electron chi connectivity index (χ0n) is 8.15. The summed E-state index contributed by atoms with van der Waals surface area (Å²) in [6.45, 7) is 0. The maximum Gasteiger partial charge on any atom is 0.420 e. The molecule has 1 unspecified atom stereocenters. The highest BCUT2D eigenvalue weighted by atomic mass is 19.4. The number of pyridine rings is 1. The third kappa shape index (κ3) is 2.69. The monoisotopic (exact) mass is 235 g/mol. The van der Waals surface area contributed by atoms with Crippen molar-refractivity contribution in [2.75, 3.05) is 7.11 Å². The van der Waals surface area contributed by atoms with Gasteiger partial charge < -0.3 is 9.84 Å². The van der Waals surface area contributed by atoms with Crippen LogP contribution < -0.4 is 0 Å². The van der Waals surface area contributed by atoms with Gasteiger partial charge in [-0.1, -0.05) is 0 Å². The van der Waals surface area contributed by atoms with Gasteiger partial charge in [-0.05, 0) is 12.1 Å². The van der Waals surface area contributed by atoms with Crippen molar-refractivity contribution in [2.45, 2.75) is 12.3 Å². The summed E-state index contributed by atoms with van der Waals surface area (Å²) in [5.41, 5.74) is -0.744. The van der Waals surface area contributed by atoms with Crippen LogP contribution in [0.1, 0.15) is 22.2 Å². The summed E-state index contributed by atoms with van der Waals surface area (Å²) in [5.74, 6) is -0.793. The van der Waals surface area contributed by atoms with Crippen LogP contribution in [0.15, 0.2) is 18.3 Å². The van der Waals surface area contributed by atoms with Gasteiger partial charge in [0.25, 0.3) is 0 Å². The first-order valence-corrected chi connectivity index (χ1v) is 4.15. The zero-order valence-corrected chi connectivity index (χ0v) is 8.15. The van der Waals surface area contributed by atoms with Crippen molar-refractivity contribution in [1.29, 1.82) is 0 Å². The first-order chi connectivity index (χ1) is 7.36. The van der Waals surface area contributed by atoms with Gasteiger partial charge in [-0.2, -0.15) is 13.2 Å². The van der Waals surface area contributed by atoms with E-state index >= 15 is 0 Å². The molecule has 0 spiro atoms. The van der Waals surface area contributed by atoms with Crippen molar-refractivity contribution in [2.24, 2.45) is 0 Å². The van der Waals surface area contributed by atoms with Crippen molar-refractivity contribution in [3.8, 4) is 0 Å². The van der Waals surface area contributed by atoms with E-state index in [1.165, 1.54) is 6.07 Å². The summed E-state index contributed by atoms with van der Waals surface area (Å²) < 4.78 is 40.8. The van der Waals surface area contributed by atoms with Crippen LogP contribution in [0.5, 0.6) is 0 Å². The van der Waals surface area contributed by atoms with Gasteiger partial charge in [0.15, 0.2) is 6.10 Å². The van der Waals surface area contributed by atoms with Gasteiger partial charge in [-0.3, -0.25) is 4.98 Å². The lowest BCUT2D eigenvalue weighted by atomic mass is 10.1. The van der Waals surface area contributed by atoms with E-state index < -0.39 is 23.9 Å². The molecule has 1 aromatic heterocycles. The van der Waals surface area contributed by atoms with Crippen LogP contribution in [0.2, 0.25) is 0 Å². The lowest BCUT2D eigenvalue weighted by molar-refractivity contribution is -0.207. The highest BCUT2D eigenvalue weighted by Gasteiger charge is 2.40. The molecule has 0 aromatic carbocycles. The molecule has 1 aromatic rings. The Bertz CT molecular complexity index is 392. The number of aromatic nitrogens is 1. The maximum absolute atomic E-state index is 12.1. The zero-order chi connectivity index (χ0) is 12.3. The number of rotatable bonds is 2. The van der Waals surface area contributed by atoms with Crippen LogP contribution in [-0.2, 0) is 4.74 Å². The molecular weight excluding hydrogens is 227 g/mol. The third-order valence-corrected chi connectivity index (χ3v) is 1.79. The van der Waals surface area contributed by atoms with Gasteiger partial charge in [-0.15, -0.1) is 0 Å². The molecular formula is C9H8F3NO3. The van der Waals surface area contributed by atoms with Crippen molar-refractivity contribution in [3.63, 3.8) is 0 Å². The average molecular weight is 235 g/mol. The molecule has 1 atom stereocenters. The summed E-state index contributed by atoms with van der Waals surface area (Å²) in [6.07, 6.45) is -6.53. The van der Waals surface area contributed by atoms with Crippen LogP contribution in [0.3, 0.4) is 0 Å². The lowest BCUT2D eigenvalue weighted by Crippen LogP contribution is -2.21. The predicted octanol–water partition coefficient (Wildman–Crippen LogP) is 1.46. The number of esters is 1. The molecule has 0 aliphatic rings. The van der Waals surface area contributed by atoms with Crippen LogP contribution in [-0.4, -0.2) is 29.3 Å². The quantitative estimate of drug-likeness (QED) is 0.788. The van der Waals surface area contributed by atoms with E-state index in [4.69, 9.17) is 5.11 Å². The summed E-state index contributed by atoms with van der Waals surface area (Å²) in [4.78, 5) is 14.4. The Kier molecular flexibility index (Phi) is 3.48. The summed E-state index contributed by atoms with van der Waals surface area (Å²) >= 11 is 0. The van der Waals surface area contributed by atoms with E-state index in [2.05, 4.69) is 9.72 Å². The molecule has 1 N–H and O–H groups in total. The van der Waals surface area contributed by atoms with E-state index in [0.717, 1.165) is 19.4 Å². The van der Waals surface area contributed by atoms with Crippen LogP contribution >= 0.6 is 0 Å². The fourth-order valence-corrected chi connectivity index (χ4v) is 1.01. The Balaban J connectivity index is 3.03. The highest BCUT2D eigenvalue weighted by molar-refractivity contribution is 5.89. The molecule has 0 saturated heterocycles. The predicted molar refractivity (Wildman–Crippen MR) is 46.6 cm³/mol. The second kappa shape index (κ2) is 4.48. The number of alkyl halides is 3. The molecule has 16 heavy (non-hydrogen) atoms. The topological polar surface area (TPSA) is 59.4 Å². The number of methoxy groups -OCH3 is 1. The molecule has 0 aliphatic carbocycles. The van der Waals surface area contributed by atoms with Crippen LogP contribution in [0, 0.1) is 0 Å². The summed E-state index contributed by atoms with van der Waals surface area (Å²) in [7, 11) is 1.10. The number of carbonyl (C=O) groups is 1. The standard InChI is InChI=1S/C9H8F3NO3/c1-16-8(15)5-2-3-13-6(4-5)7(14)9(10,11)12/h2-4,7,14H,1H3. The second-order valence-corrected chi connectivity index (χ2v) is 2.91. The number of carbonyl (C=O) groups excluding carboxylic acids is 1. The van der Waals surface area contributed by atoms with E-state index in [-0.39, 0.29) is 5.56 Å². The van der Waals surface area contributed by atoms with Crippen LogP contribution in [0.4, 0.5) is 13.2 Å². The normalized spacial score (nSPS) is 13.3. The molecule has 0 amide bonds. The van der Waals surface area contributed by atoms with Gasteiger partial charge in [0.2, 0.25) is 0 Å². The molecule has 0 radical (unpaired) electrons. The van der Waals surface area contributed by atoms with E-state index in [0.29, 0.717) is 0 Å². The molecule has 0 aliphatic heterocycles. The molecule has 0 fully saturated rings. The SMILES string of the molecule is COC(=O)c1ccnc(C(O)C(F)(F)F)c1. The molecule has 1 rings (SSSR count). The first kappa shape index (κ1) is 12.4. The second-order valence-electron chi connectivity index (χ2n) is 2.91. The summed E-state index contributed by atoms with van der Waals surface area (Å²) in [6, 6.07) is 2.03. The van der Waals surface area contributed by atoms with Gasteiger partial charge in [0, 0.05) is 6.20 Å². The van der Waals surface area contributed by atoms with Crippen molar-refractivity contribution in [3.05, 3.63) is 29.6 Å². The molecule has 0 saturated carbocycles. The minimum absolute atomic E-state index is 0.101. The van der Waals surface area contributed by atoms with Crippen molar-refractivity contribution < 1.29 is 27.8 Å². The van der Waals surface area contributed by atoms with Gasteiger partial charge in [-0.25, -0.2) is 4.79 Å². The average Bonchev–Trinajstić information content (AvgIpc) is 2.26. The number of aliphatic hydroxyl groups is 1. The van der Waals surface area contributed by atoms with E-state index in [9.17, 15) is 18.0 Å². The minimum atomic E-state index is -4.82. The van der Waals surface area contributed by atoms with E-state index in [1.807, 2.05) is 0 Å². The molecule has 88 valence electrons. The number of nitrogens with zero attached hydrogens (tertiary/aromatic N) is 1. The Hall–Kier alpha value is -1.63. The largest absolute Gasteiger partial charge is 0.465 e. The third-order valence-electron chi connectivity index (χ3n) is 1.79. The first-order valence-electron chi connectivity index (χ1n) is 4.15. The van der Waals surface area contributed by atoms with Gasteiger partial charge in [0.05, 0.1) is 18.4 Å². The van der Waals surface area contributed by atoms with Crippen molar-refractivity contribution in [1.82, 2.24) is 4.98 Å². The maximum atomic E-state index is 12.1. The summed E-state index contributed by atoms with van der Waals surface area (Å²) in [5, 5.41) is 8.90. The van der Waals surface area contributed by atoms with Crippen LogP contribution in [0.25, 0.3) is 0 Å². The van der Waals surface area contributed by atoms with Gasteiger partial charge >= 0.3 is 12.1 Å². The molecule has 4 nitrogen and oxygen atoms in total. The lowest BCUT2D eigenvalue weighted by Gasteiger charge is -2.13. The fraction of sp³-hybridized carbons (Fsp3) is 0.333. The Morgan fingerprint density at radius 2 is 2.19 bits per heavy atom. The Morgan fingerprint density at radius 1 is 1.56 bits per heavy atom. The minimum Gasteiger partial charge on any atom is -0.465 e. The number of hydrogen-bond donors (Lipinski definition) is 1. The van der Waals surface area contributed by atoms with Gasteiger partial charge in [0.1, 0.15) is 0 Å². The van der Waals surface area contributed by atoms with Crippen molar-refractivity contribution >= 4 is 5.97 Å². The highest BCUT2D eigenvalue weighted by Crippen LogP contribution is 2.31. The Labute approximate surface area is 88.7 Å². The molecule has 1 heterocycles. The Morgan fingerprint density at radius 3 is 2.69 bits per heavy atom. The van der Waals surface area contributed by atoms with E-state index in [1.54, 1.807) is 0 Å². The number of aliphatic hydroxyl groups excluding tert-OH is 1. The fourth-order valence-electron chi connectivity index (χ4n) is 1.01. The number of hydrogen-bond acceptors (Lipinski definition) is 4. The number of halogens is 3. The smallest absolute Gasteiger partial charge is 0.420 e.